The third kappa shape index (κ3) is 4.98. The van der Waals surface area contributed by atoms with Crippen molar-refractivity contribution in [3.63, 3.8) is 0 Å². The zero-order valence-corrected chi connectivity index (χ0v) is 29.0. The van der Waals surface area contributed by atoms with Gasteiger partial charge in [0.1, 0.15) is 11.5 Å². The lowest BCUT2D eigenvalue weighted by Crippen LogP contribution is -2.52. The molecule has 4 aromatic carbocycles. The van der Waals surface area contributed by atoms with Gasteiger partial charge in [-0.05, 0) is 70.8 Å². The average molecular weight is 647 g/mol. The van der Waals surface area contributed by atoms with Crippen LogP contribution >= 0.6 is 0 Å². The Balaban J connectivity index is 1.18. The number of para-hydroxylation sites is 2. The Morgan fingerprint density at radius 2 is 0.958 bits per heavy atom. The first kappa shape index (κ1) is 33.0. The molecule has 0 amide bonds. The minimum atomic E-state index is -1.22. The van der Waals surface area contributed by atoms with E-state index in [2.05, 4.69) is 50.5 Å². The molecule has 2 atom stereocenters. The van der Waals surface area contributed by atoms with Gasteiger partial charge in [-0.2, -0.15) is 0 Å². The molecule has 48 heavy (non-hydrogen) atoms. The summed E-state index contributed by atoms with van der Waals surface area (Å²) in [5.74, 6) is 1.32. The lowest BCUT2D eigenvalue weighted by molar-refractivity contribution is 0.0338. The molecular weight excluding hydrogens is 600 g/mol. The Morgan fingerprint density at radius 3 is 1.31 bits per heavy atom. The summed E-state index contributed by atoms with van der Waals surface area (Å²) >= 11 is 0. The molecule has 0 radical (unpaired) electrons. The summed E-state index contributed by atoms with van der Waals surface area (Å²) in [5.41, 5.74) is 4.20. The van der Waals surface area contributed by atoms with Crippen LogP contribution in [0.5, 0.6) is 11.5 Å². The highest BCUT2D eigenvalue weighted by Crippen LogP contribution is 2.51. The fourth-order valence-electron chi connectivity index (χ4n) is 7.31. The van der Waals surface area contributed by atoms with Crippen molar-refractivity contribution in [3.8, 4) is 22.6 Å². The molecule has 0 spiro atoms. The van der Waals surface area contributed by atoms with E-state index < -0.39 is 22.3 Å². The number of anilines is 4. The van der Waals surface area contributed by atoms with Gasteiger partial charge in [0.15, 0.2) is 11.4 Å². The van der Waals surface area contributed by atoms with Crippen LogP contribution in [0.1, 0.15) is 38.8 Å². The lowest BCUT2D eigenvalue weighted by Gasteiger charge is -2.39. The zero-order chi connectivity index (χ0) is 34.5. The number of aliphatic hydroxyl groups is 2. The summed E-state index contributed by atoms with van der Waals surface area (Å²) in [6.45, 7) is 8.21. The Labute approximate surface area is 283 Å². The van der Waals surface area contributed by atoms with Crippen LogP contribution in [0.15, 0.2) is 109 Å². The van der Waals surface area contributed by atoms with Gasteiger partial charge in [0.05, 0.1) is 25.6 Å². The summed E-state index contributed by atoms with van der Waals surface area (Å²) in [6.07, 6.45) is 7.15. The minimum absolute atomic E-state index is 0.519. The highest BCUT2D eigenvalue weighted by molar-refractivity contribution is 5.76. The van der Waals surface area contributed by atoms with E-state index in [1.165, 1.54) is 0 Å². The zero-order valence-electron chi connectivity index (χ0n) is 29.0. The van der Waals surface area contributed by atoms with Gasteiger partial charge in [-0.3, -0.25) is 0 Å². The number of nitrogens with zero attached hydrogens (tertiary/aromatic N) is 2. The van der Waals surface area contributed by atoms with Gasteiger partial charge in [0.25, 0.3) is 0 Å². The number of methoxy groups -OCH3 is 2. The van der Waals surface area contributed by atoms with Crippen LogP contribution in [0.2, 0.25) is 0 Å². The molecule has 6 rings (SSSR count). The van der Waals surface area contributed by atoms with Crippen LogP contribution in [0.3, 0.4) is 0 Å². The van der Waals surface area contributed by atoms with Gasteiger partial charge in [-0.1, -0.05) is 76.2 Å². The van der Waals surface area contributed by atoms with E-state index in [9.17, 15) is 10.2 Å². The first-order valence-electron chi connectivity index (χ1n) is 16.2. The Kier molecular flexibility index (Phi) is 8.22. The highest BCUT2D eigenvalue weighted by Gasteiger charge is 2.54. The molecule has 4 N–H and O–H groups in total. The molecule has 0 saturated carbocycles. The van der Waals surface area contributed by atoms with Crippen LogP contribution < -0.4 is 29.9 Å². The van der Waals surface area contributed by atoms with Gasteiger partial charge in [-0.15, -0.1) is 0 Å². The number of fused-ring (bicyclic) bond motifs is 2. The van der Waals surface area contributed by atoms with Gasteiger partial charge in [0, 0.05) is 48.7 Å². The monoisotopic (exact) mass is 646 g/mol. The van der Waals surface area contributed by atoms with E-state index >= 15 is 0 Å². The summed E-state index contributed by atoms with van der Waals surface area (Å²) in [4.78, 5) is 3.83. The summed E-state index contributed by atoms with van der Waals surface area (Å²) in [5, 5.41) is 30.2. The van der Waals surface area contributed by atoms with Crippen molar-refractivity contribution in [3.05, 3.63) is 121 Å². The van der Waals surface area contributed by atoms with Gasteiger partial charge in [-0.25, -0.2) is 0 Å². The maximum atomic E-state index is 11.8. The maximum absolute atomic E-state index is 11.8. The molecule has 0 bridgehead atoms. The minimum Gasteiger partial charge on any atom is -0.495 e. The third-order valence-corrected chi connectivity index (χ3v) is 10.6. The number of benzene rings is 4. The largest absolute Gasteiger partial charge is 0.495 e. The number of likely N-dealkylation sites (N-methyl/N-ethyl adjacent to an activating group) is 2. The number of hydrogen-bond acceptors (Lipinski definition) is 8. The van der Waals surface area contributed by atoms with E-state index in [1.54, 1.807) is 38.8 Å². The predicted octanol–water partition coefficient (Wildman–Crippen LogP) is 7.45. The standard InChI is InChI=1S/C40H46N4O4/c1-37(2)29-13-9-11-15-33(29)43(5)39(37,45)21-23-41-31-19-17-27(25-35(31)47-7)28-18-20-32(36(26-28)48-8)42-24-22-40(46)38(3,4)30-14-10-12-16-34(30)44(40)6/h9-26,41-42,45-46H,1-8H3/b23-21+,24-22+. The molecule has 2 heterocycles. The third-order valence-electron chi connectivity index (χ3n) is 10.6. The normalized spacial score (nSPS) is 22.2. The number of ether oxygens (including phenoxy) is 2. The molecular formula is C40H46N4O4. The van der Waals surface area contributed by atoms with Crippen LogP contribution in [-0.4, -0.2) is 50.0 Å². The van der Waals surface area contributed by atoms with Crippen LogP contribution in [-0.2, 0) is 10.8 Å². The van der Waals surface area contributed by atoms with Gasteiger partial charge < -0.3 is 40.1 Å². The van der Waals surface area contributed by atoms with E-state index in [4.69, 9.17) is 9.47 Å². The topological polar surface area (TPSA) is 89.5 Å². The number of rotatable bonds is 9. The fraction of sp³-hybridized carbons (Fsp3) is 0.300. The first-order chi connectivity index (χ1) is 22.8. The van der Waals surface area contributed by atoms with E-state index in [-0.39, 0.29) is 0 Å². The number of nitrogens with one attached hydrogen (secondary N) is 2. The van der Waals surface area contributed by atoms with Gasteiger partial charge in [0.2, 0.25) is 0 Å². The Bertz CT molecular complexity index is 1760. The van der Waals surface area contributed by atoms with Crippen molar-refractivity contribution in [2.75, 3.05) is 48.7 Å². The first-order valence-corrected chi connectivity index (χ1v) is 16.2. The molecule has 8 heteroatoms. The Morgan fingerprint density at radius 1 is 0.583 bits per heavy atom. The smallest absolute Gasteiger partial charge is 0.168 e. The van der Waals surface area contributed by atoms with Crippen molar-refractivity contribution in [1.82, 2.24) is 0 Å². The molecule has 2 aliphatic rings. The molecule has 8 nitrogen and oxygen atoms in total. The Hall–Kier alpha value is -4.92. The van der Waals surface area contributed by atoms with E-state index in [0.717, 1.165) is 45.0 Å². The molecule has 0 aliphatic carbocycles. The van der Waals surface area contributed by atoms with Gasteiger partial charge >= 0.3 is 0 Å². The predicted molar refractivity (Wildman–Crippen MR) is 196 cm³/mol. The summed E-state index contributed by atoms with van der Waals surface area (Å²) in [6, 6.07) is 28.1. The summed E-state index contributed by atoms with van der Waals surface area (Å²) < 4.78 is 11.5. The molecule has 0 saturated heterocycles. The van der Waals surface area contributed by atoms with Crippen LogP contribution in [0.25, 0.3) is 11.1 Å². The second-order valence-electron chi connectivity index (χ2n) is 13.6. The molecule has 0 aromatic heterocycles. The molecule has 2 unspecified atom stereocenters. The van der Waals surface area contributed by atoms with Crippen molar-refractivity contribution in [2.45, 2.75) is 50.0 Å². The van der Waals surface area contributed by atoms with E-state index in [1.807, 2.05) is 96.7 Å². The molecule has 2 aliphatic heterocycles. The molecule has 0 fully saturated rings. The van der Waals surface area contributed by atoms with Crippen LogP contribution in [0, 0.1) is 0 Å². The van der Waals surface area contributed by atoms with Crippen LogP contribution in [0.4, 0.5) is 22.7 Å². The summed E-state index contributed by atoms with van der Waals surface area (Å²) in [7, 11) is 7.11. The average Bonchev–Trinajstić information content (AvgIpc) is 3.34. The highest BCUT2D eigenvalue weighted by atomic mass is 16.5. The van der Waals surface area contributed by atoms with Crippen molar-refractivity contribution >= 4 is 22.7 Å². The quantitative estimate of drug-likeness (QED) is 0.149. The molecule has 4 aromatic rings. The second-order valence-corrected chi connectivity index (χ2v) is 13.6. The molecule has 250 valence electrons. The maximum Gasteiger partial charge on any atom is 0.168 e. The number of hydrogen-bond donors (Lipinski definition) is 4. The SMILES string of the molecule is COc1cc(-c2ccc(N/C=C/C3(O)N(C)c4ccccc4C3(C)C)c(OC)c2)ccc1N/C=C/C1(O)N(C)c2ccccc2C1(C)C. The lowest BCUT2D eigenvalue weighted by atomic mass is 9.77. The van der Waals surface area contributed by atoms with E-state index in [0.29, 0.717) is 11.5 Å². The van der Waals surface area contributed by atoms with Crippen molar-refractivity contribution < 1.29 is 19.7 Å². The van der Waals surface area contributed by atoms with Crippen molar-refractivity contribution in [2.24, 2.45) is 0 Å². The second kappa shape index (κ2) is 12.0. The fourth-order valence-corrected chi connectivity index (χ4v) is 7.31. The van der Waals surface area contributed by atoms with Crippen molar-refractivity contribution in [1.29, 1.82) is 0 Å².